The summed E-state index contributed by atoms with van der Waals surface area (Å²) >= 11 is 0. The largest absolute Gasteiger partial charge is 0.349 e. The second kappa shape index (κ2) is 6.20. The number of nitrogens with zero attached hydrogens (tertiary/aromatic N) is 1. The molecule has 1 heterocycles. The van der Waals surface area contributed by atoms with Crippen LogP contribution in [0.2, 0.25) is 0 Å². The highest BCUT2D eigenvalue weighted by Gasteiger charge is 2.26. The summed E-state index contributed by atoms with van der Waals surface area (Å²) in [6.45, 7) is 1.93. The Kier molecular flexibility index (Phi) is 3.88. The maximum Gasteiger partial charge on any atom is 0.253 e. The van der Waals surface area contributed by atoms with Gasteiger partial charge in [0.05, 0.1) is 11.3 Å². The molecule has 126 valence electrons. The van der Waals surface area contributed by atoms with E-state index >= 15 is 0 Å². The Morgan fingerprint density at radius 3 is 2.40 bits per heavy atom. The highest BCUT2D eigenvalue weighted by Crippen LogP contribution is 2.30. The zero-order chi connectivity index (χ0) is 17.4. The molecule has 25 heavy (non-hydrogen) atoms. The maximum atomic E-state index is 13.3. The van der Waals surface area contributed by atoms with Crippen molar-refractivity contribution in [1.29, 1.82) is 0 Å². The average Bonchev–Trinajstić information content (AvgIpc) is 3.37. The van der Waals surface area contributed by atoms with Crippen LogP contribution in [-0.4, -0.2) is 16.5 Å². The van der Waals surface area contributed by atoms with Gasteiger partial charge in [0, 0.05) is 17.4 Å². The lowest BCUT2D eigenvalue weighted by Gasteiger charge is -2.12. The minimum Gasteiger partial charge on any atom is -0.349 e. The highest BCUT2D eigenvalue weighted by atomic mass is 19.1. The van der Waals surface area contributed by atoms with Gasteiger partial charge in [-0.1, -0.05) is 30.3 Å². The number of benzene rings is 2. The van der Waals surface area contributed by atoms with Gasteiger partial charge in [-0.3, -0.25) is 4.79 Å². The highest BCUT2D eigenvalue weighted by molar-refractivity contribution is 5.97. The molecule has 2 aromatic carbocycles. The second-order valence-electron chi connectivity index (χ2n) is 6.45. The van der Waals surface area contributed by atoms with Gasteiger partial charge < -0.3 is 9.88 Å². The number of halogens is 1. The van der Waals surface area contributed by atoms with Crippen molar-refractivity contribution in [2.45, 2.75) is 25.8 Å². The van der Waals surface area contributed by atoms with Crippen LogP contribution in [0.3, 0.4) is 0 Å². The first-order valence-electron chi connectivity index (χ1n) is 8.48. The fourth-order valence-electron chi connectivity index (χ4n) is 3.07. The normalized spacial score (nSPS) is 13.7. The Morgan fingerprint density at radius 2 is 1.76 bits per heavy atom. The molecule has 4 heteroatoms. The van der Waals surface area contributed by atoms with E-state index in [2.05, 4.69) is 5.32 Å². The molecule has 0 radical (unpaired) electrons. The molecule has 1 N–H and O–H groups in total. The van der Waals surface area contributed by atoms with Crippen LogP contribution in [0.25, 0.3) is 16.9 Å². The Morgan fingerprint density at radius 1 is 1.08 bits per heavy atom. The predicted molar refractivity (Wildman–Crippen MR) is 96.4 cm³/mol. The van der Waals surface area contributed by atoms with Crippen LogP contribution in [0.1, 0.15) is 28.9 Å². The molecular weight excluding hydrogens is 315 g/mol. The maximum absolute atomic E-state index is 13.3. The minimum atomic E-state index is -0.276. The molecule has 4 rings (SSSR count). The number of nitrogens with one attached hydrogen (secondary N) is 1. The lowest BCUT2D eigenvalue weighted by atomic mass is 10.1. The van der Waals surface area contributed by atoms with Crippen LogP contribution < -0.4 is 5.32 Å². The van der Waals surface area contributed by atoms with Crippen LogP contribution >= 0.6 is 0 Å². The summed E-state index contributed by atoms with van der Waals surface area (Å²) in [5.41, 5.74) is 4.29. The fraction of sp³-hybridized carbons (Fsp3) is 0.190. The van der Waals surface area contributed by atoms with Crippen LogP contribution in [0, 0.1) is 12.7 Å². The quantitative estimate of drug-likeness (QED) is 0.750. The van der Waals surface area contributed by atoms with E-state index in [1.165, 1.54) is 12.1 Å². The van der Waals surface area contributed by atoms with Gasteiger partial charge in [0.1, 0.15) is 5.82 Å². The lowest BCUT2D eigenvalue weighted by Crippen LogP contribution is -2.25. The van der Waals surface area contributed by atoms with Gasteiger partial charge in [-0.05, 0) is 55.7 Å². The Balaban J connectivity index is 1.85. The first kappa shape index (κ1) is 15.6. The van der Waals surface area contributed by atoms with Crippen molar-refractivity contribution in [2.75, 3.05) is 0 Å². The number of hydrogen-bond donors (Lipinski definition) is 1. The Labute approximate surface area is 146 Å². The zero-order valence-electron chi connectivity index (χ0n) is 14.0. The molecule has 0 spiro atoms. The SMILES string of the molecule is Cc1c(C(=O)NC2CC2)cc(-c2ccccc2)n1-c1ccc(F)cc1. The van der Waals surface area contributed by atoms with E-state index in [0.29, 0.717) is 11.6 Å². The number of amides is 1. The first-order chi connectivity index (χ1) is 12.1. The van der Waals surface area contributed by atoms with Gasteiger partial charge >= 0.3 is 0 Å². The molecule has 1 amide bonds. The van der Waals surface area contributed by atoms with Gasteiger partial charge in [-0.25, -0.2) is 4.39 Å². The molecule has 3 nitrogen and oxygen atoms in total. The molecule has 3 aromatic rings. The summed E-state index contributed by atoms with van der Waals surface area (Å²) < 4.78 is 15.3. The molecule has 0 atom stereocenters. The summed E-state index contributed by atoms with van der Waals surface area (Å²) in [5.74, 6) is -0.320. The summed E-state index contributed by atoms with van der Waals surface area (Å²) in [6, 6.07) is 18.5. The van der Waals surface area contributed by atoms with Crippen molar-refractivity contribution in [3.05, 3.63) is 77.7 Å². The zero-order valence-corrected chi connectivity index (χ0v) is 14.0. The van der Waals surface area contributed by atoms with Gasteiger partial charge in [0.2, 0.25) is 0 Å². The van der Waals surface area contributed by atoms with Crippen LogP contribution in [0.4, 0.5) is 4.39 Å². The van der Waals surface area contributed by atoms with E-state index < -0.39 is 0 Å². The third-order valence-electron chi connectivity index (χ3n) is 4.56. The van der Waals surface area contributed by atoms with Crippen LogP contribution in [-0.2, 0) is 0 Å². The number of carbonyl (C=O) groups excluding carboxylic acids is 1. The molecule has 1 aliphatic carbocycles. The molecule has 1 fully saturated rings. The topological polar surface area (TPSA) is 34.0 Å². The molecule has 0 saturated heterocycles. The van der Waals surface area contributed by atoms with Crippen molar-refractivity contribution >= 4 is 5.91 Å². The molecule has 1 saturated carbocycles. The van der Waals surface area contributed by atoms with E-state index in [0.717, 1.165) is 35.5 Å². The average molecular weight is 334 g/mol. The van der Waals surface area contributed by atoms with E-state index in [9.17, 15) is 9.18 Å². The van der Waals surface area contributed by atoms with Gasteiger partial charge in [-0.15, -0.1) is 0 Å². The number of carbonyl (C=O) groups is 1. The predicted octanol–water partition coefficient (Wildman–Crippen LogP) is 4.48. The summed E-state index contributed by atoms with van der Waals surface area (Å²) in [4.78, 5) is 12.6. The molecule has 1 aliphatic rings. The standard InChI is InChI=1S/C21H19FN2O/c1-14-19(21(25)23-17-9-10-17)13-20(15-5-3-2-4-6-15)24(14)18-11-7-16(22)8-12-18/h2-8,11-13,17H,9-10H2,1H3,(H,23,25). The molecule has 0 bridgehead atoms. The van der Waals surface area contributed by atoms with E-state index in [-0.39, 0.29) is 11.7 Å². The van der Waals surface area contributed by atoms with Crippen molar-refractivity contribution in [3.63, 3.8) is 0 Å². The van der Waals surface area contributed by atoms with E-state index in [1.54, 1.807) is 12.1 Å². The molecule has 0 unspecified atom stereocenters. The van der Waals surface area contributed by atoms with Gasteiger partial charge in [0.15, 0.2) is 0 Å². The first-order valence-corrected chi connectivity index (χ1v) is 8.48. The van der Waals surface area contributed by atoms with Crippen LogP contribution in [0.15, 0.2) is 60.7 Å². The summed E-state index contributed by atoms with van der Waals surface area (Å²) in [7, 11) is 0. The number of aromatic nitrogens is 1. The molecule has 1 aromatic heterocycles. The molecule has 0 aliphatic heterocycles. The number of rotatable bonds is 4. The van der Waals surface area contributed by atoms with E-state index in [1.807, 2.05) is 47.9 Å². The minimum absolute atomic E-state index is 0.0435. The lowest BCUT2D eigenvalue weighted by molar-refractivity contribution is 0.0950. The van der Waals surface area contributed by atoms with Crippen LogP contribution in [0.5, 0.6) is 0 Å². The van der Waals surface area contributed by atoms with E-state index in [4.69, 9.17) is 0 Å². The third-order valence-corrected chi connectivity index (χ3v) is 4.56. The Bertz CT molecular complexity index is 909. The molecular formula is C21H19FN2O. The summed E-state index contributed by atoms with van der Waals surface area (Å²) in [6.07, 6.45) is 2.10. The Hall–Kier alpha value is -2.88. The summed E-state index contributed by atoms with van der Waals surface area (Å²) in [5, 5.41) is 3.05. The van der Waals surface area contributed by atoms with Crippen molar-refractivity contribution in [3.8, 4) is 16.9 Å². The second-order valence-corrected chi connectivity index (χ2v) is 6.45. The third kappa shape index (κ3) is 3.07. The monoisotopic (exact) mass is 334 g/mol. The smallest absolute Gasteiger partial charge is 0.253 e. The van der Waals surface area contributed by atoms with Crippen molar-refractivity contribution in [2.24, 2.45) is 0 Å². The van der Waals surface area contributed by atoms with Gasteiger partial charge in [-0.2, -0.15) is 0 Å². The fourth-order valence-corrected chi connectivity index (χ4v) is 3.07. The van der Waals surface area contributed by atoms with Gasteiger partial charge in [0.25, 0.3) is 5.91 Å². The number of hydrogen-bond acceptors (Lipinski definition) is 1. The van der Waals surface area contributed by atoms with Crippen molar-refractivity contribution in [1.82, 2.24) is 9.88 Å². The van der Waals surface area contributed by atoms with Crippen molar-refractivity contribution < 1.29 is 9.18 Å².